The minimum absolute atomic E-state index is 0.718. The number of quaternary nitrogens is 1. The number of rotatable bonds is 6. The molecule has 0 radical (unpaired) electrons. The Bertz CT molecular complexity index is 397. The van der Waals surface area contributed by atoms with E-state index in [1.807, 2.05) is 18.2 Å². The zero-order valence-electron chi connectivity index (χ0n) is 11.0. The van der Waals surface area contributed by atoms with E-state index in [0.29, 0.717) is 0 Å². The van der Waals surface area contributed by atoms with Gasteiger partial charge in [0.05, 0.1) is 30.8 Å². The van der Waals surface area contributed by atoms with Gasteiger partial charge in [0.15, 0.2) is 0 Å². The molecule has 0 amide bonds. The van der Waals surface area contributed by atoms with Gasteiger partial charge in [-0.1, -0.05) is 11.6 Å². The lowest BCUT2D eigenvalue weighted by atomic mass is 10.3. The molecule has 1 aromatic carbocycles. The van der Waals surface area contributed by atoms with Gasteiger partial charge in [-0.25, -0.2) is 0 Å². The Balaban J connectivity index is 1.61. The summed E-state index contributed by atoms with van der Waals surface area (Å²) in [4.78, 5) is 1.65. The van der Waals surface area contributed by atoms with E-state index < -0.39 is 0 Å². The summed E-state index contributed by atoms with van der Waals surface area (Å²) >= 11 is 9.34. The van der Waals surface area contributed by atoms with Crippen LogP contribution in [0, 0.1) is 0 Å². The molecule has 1 N–H and O–H groups in total. The number of morpholine rings is 1. The second-order valence-electron chi connectivity index (χ2n) is 4.74. The van der Waals surface area contributed by atoms with E-state index in [1.165, 1.54) is 13.0 Å². The van der Waals surface area contributed by atoms with Crippen LogP contribution in [0.4, 0.5) is 0 Å². The van der Waals surface area contributed by atoms with Crippen LogP contribution in [0.15, 0.2) is 22.7 Å². The van der Waals surface area contributed by atoms with Crippen LogP contribution in [-0.4, -0.2) is 39.5 Å². The highest BCUT2D eigenvalue weighted by molar-refractivity contribution is 9.10. The Kier molecular flexibility index (Phi) is 6.44. The Hall–Kier alpha value is -0.290. The molecule has 1 aliphatic heterocycles. The van der Waals surface area contributed by atoms with Crippen molar-refractivity contribution in [1.29, 1.82) is 0 Å². The van der Waals surface area contributed by atoms with E-state index in [2.05, 4.69) is 15.9 Å². The summed E-state index contributed by atoms with van der Waals surface area (Å²) < 4.78 is 12.0. The maximum absolute atomic E-state index is 5.89. The molecule has 1 saturated heterocycles. The first-order valence-electron chi connectivity index (χ1n) is 6.75. The van der Waals surface area contributed by atoms with Gasteiger partial charge in [0.1, 0.15) is 18.8 Å². The lowest BCUT2D eigenvalue weighted by Crippen LogP contribution is -3.14. The molecular weight excluding hydrogens is 330 g/mol. The maximum atomic E-state index is 5.89. The molecule has 0 atom stereocenters. The summed E-state index contributed by atoms with van der Waals surface area (Å²) in [5, 5.41) is 0.718. The van der Waals surface area contributed by atoms with Crippen LogP contribution in [-0.2, 0) is 4.74 Å². The molecule has 1 heterocycles. The van der Waals surface area contributed by atoms with Crippen LogP contribution in [0.2, 0.25) is 5.02 Å². The number of benzene rings is 1. The van der Waals surface area contributed by atoms with Gasteiger partial charge in [0, 0.05) is 5.02 Å². The van der Waals surface area contributed by atoms with Gasteiger partial charge in [0.25, 0.3) is 0 Å². The first-order chi connectivity index (χ1) is 9.25. The third-order valence-electron chi connectivity index (χ3n) is 3.28. The summed E-state index contributed by atoms with van der Waals surface area (Å²) in [6.45, 7) is 6.07. The molecule has 1 fully saturated rings. The Labute approximate surface area is 128 Å². The lowest BCUT2D eigenvalue weighted by molar-refractivity contribution is -0.908. The second-order valence-corrected chi connectivity index (χ2v) is 6.03. The van der Waals surface area contributed by atoms with Gasteiger partial charge in [0.2, 0.25) is 0 Å². The van der Waals surface area contributed by atoms with Gasteiger partial charge in [-0.3, -0.25) is 0 Å². The second kappa shape index (κ2) is 8.10. The number of ether oxygens (including phenoxy) is 2. The largest absolute Gasteiger partial charge is 0.492 e. The van der Waals surface area contributed by atoms with E-state index in [-0.39, 0.29) is 0 Å². The topological polar surface area (TPSA) is 22.9 Å². The summed E-state index contributed by atoms with van der Waals surface area (Å²) in [6, 6.07) is 5.61. The molecule has 0 unspecified atom stereocenters. The molecular formula is C14H20BrClNO2+. The van der Waals surface area contributed by atoms with Crippen molar-refractivity contribution in [1.82, 2.24) is 0 Å². The van der Waals surface area contributed by atoms with Gasteiger partial charge in [-0.05, 0) is 47.0 Å². The van der Waals surface area contributed by atoms with Crippen molar-refractivity contribution < 1.29 is 14.4 Å². The van der Waals surface area contributed by atoms with Crippen LogP contribution in [0.5, 0.6) is 5.75 Å². The number of halogens is 2. The van der Waals surface area contributed by atoms with Crippen LogP contribution >= 0.6 is 27.5 Å². The molecule has 0 aromatic heterocycles. The van der Waals surface area contributed by atoms with Crippen LogP contribution in [0.3, 0.4) is 0 Å². The third kappa shape index (κ3) is 5.30. The van der Waals surface area contributed by atoms with Gasteiger partial charge in [-0.15, -0.1) is 0 Å². The van der Waals surface area contributed by atoms with Crippen molar-refractivity contribution in [3.8, 4) is 5.75 Å². The van der Waals surface area contributed by atoms with Crippen molar-refractivity contribution in [2.45, 2.75) is 12.8 Å². The first kappa shape index (κ1) is 15.1. The fourth-order valence-corrected chi connectivity index (χ4v) is 2.96. The summed E-state index contributed by atoms with van der Waals surface area (Å²) in [6.07, 6.45) is 2.28. The molecule has 0 bridgehead atoms. The van der Waals surface area contributed by atoms with Crippen LogP contribution in [0.25, 0.3) is 0 Å². The number of hydrogen-bond acceptors (Lipinski definition) is 2. The van der Waals surface area contributed by atoms with Crippen LogP contribution in [0.1, 0.15) is 12.8 Å². The monoisotopic (exact) mass is 348 g/mol. The maximum Gasteiger partial charge on any atom is 0.133 e. The lowest BCUT2D eigenvalue weighted by Gasteiger charge is -2.23. The third-order valence-corrected chi connectivity index (χ3v) is 4.13. The van der Waals surface area contributed by atoms with Crippen molar-refractivity contribution in [2.75, 3.05) is 39.5 Å². The molecule has 19 heavy (non-hydrogen) atoms. The van der Waals surface area contributed by atoms with E-state index in [9.17, 15) is 0 Å². The average molecular weight is 350 g/mol. The number of unbranched alkanes of at least 4 members (excludes halogenated alkanes) is 1. The molecule has 1 aliphatic rings. The summed E-state index contributed by atoms with van der Waals surface area (Å²) in [7, 11) is 0. The normalized spacial score (nSPS) is 16.5. The highest BCUT2D eigenvalue weighted by Crippen LogP contribution is 2.27. The zero-order chi connectivity index (χ0) is 13.5. The minimum atomic E-state index is 0.718. The Morgan fingerprint density at radius 3 is 2.79 bits per heavy atom. The molecule has 2 rings (SSSR count). The standard InChI is InChI=1S/C14H19BrClNO2/c15-13-11-12(16)3-4-14(13)19-8-2-1-5-17-6-9-18-10-7-17/h3-4,11H,1-2,5-10H2/p+1. The first-order valence-corrected chi connectivity index (χ1v) is 7.92. The predicted molar refractivity (Wildman–Crippen MR) is 80.3 cm³/mol. The zero-order valence-corrected chi connectivity index (χ0v) is 13.3. The van der Waals surface area contributed by atoms with Gasteiger partial charge < -0.3 is 14.4 Å². The summed E-state index contributed by atoms with van der Waals surface area (Å²) in [5.74, 6) is 0.864. The highest BCUT2D eigenvalue weighted by Gasteiger charge is 2.12. The molecule has 106 valence electrons. The minimum Gasteiger partial charge on any atom is -0.492 e. The smallest absolute Gasteiger partial charge is 0.133 e. The van der Waals surface area contributed by atoms with Gasteiger partial charge >= 0.3 is 0 Å². The summed E-state index contributed by atoms with van der Waals surface area (Å²) in [5.41, 5.74) is 0. The van der Waals surface area contributed by atoms with E-state index in [4.69, 9.17) is 21.1 Å². The van der Waals surface area contributed by atoms with Crippen molar-refractivity contribution in [3.63, 3.8) is 0 Å². The number of hydrogen-bond donors (Lipinski definition) is 1. The fourth-order valence-electron chi connectivity index (χ4n) is 2.16. The van der Waals surface area contributed by atoms with E-state index in [0.717, 1.165) is 54.6 Å². The molecule has 0 aliphatic carbocycles. The SMILES string of the molecule is Clc1ccc(OCCCC[NH+]2CCOCC2)c(Br)c1. The van der Waals surface area contributed by atoms with Gasteiger partial charge in [-0.2, -0.15) is 0 Å². The molecule has 0 saturated carbocycles. The average Bonchev–Trinajstić information content (AvgIpc) is 2.42. The van der Waals surface area contributed by atoms with Crippen LogP contribution < -0.4 is 9.64 Å². The Morgan fingerprint density at radius 2 is 2.05 bits per heavy atom. The molecule has 0 spiro atoms. The highest BCUT2D eigenvalue weighted by atomic mass is 79.9. The number of nitrogens with one attached hydrogen (secondary N) is 1. The van der Waals surface area contributed by atoms with Crippen molar-refractivity contribution >= 4 is 27.5 Å². The van der Waals surface area contributed by atoms with E-state index >= 15 is 0 Å². The van der Waals surface area contributed by atoms with Crippen molar-refractivity contribution in [3.05, 3.63) is 27.7 Å². The molecule has 5 heteroatoms. The fraction of sp³-hybridized carbons (Fsp3) is 0.571. The van der Waals surface area contributed by atoms with Crippen molar-refractivity contribution in [2.24, 2.45) is 0 Å². The quantitative estimate of drug-likeness (QED) is 0.796. The van der Waals surface area contributed by atoms with E-state index in [1.54, 1.807) is 4.90 Å². The molecule has 3 nitrogen and oxygen atoms in total. The predicted octanol–water partition coefficient (Wildman–Crippen LogP) is 2.18. The molecule has 1 aromatic rings. The Morgan fingerprint density at radius 1 is 1.26 bits per heavy atom.